The lowest BCUT2D eigenvalue weighted by atomic mass is 10.0. The predicted octanol–water partition coefficient (Wildman–Crippen LogP) is 5.95. The molecule has 1 aliphatic carbocycles. The van der Waals surface area contributed by atoms with Crippen LogP contribution in [-0.2, 0) is 0 Å². The zero-order chi connectivity index (χ0) is 12.0. The largest absolute Gasteiger partial charge is 0.0885 e. The summed E-state index contributed by atoms with van der Waals surface area (Å²) in [6.07, 6.45) is 11.9. The molecule has 0 heterocycles. The van der Waals surface area contributed by atoms with Gasteiger partial charge >= 0.3 is 0 Å². The van der Waals surface area contributed by atoms with Crippen LogP contribution in [0.3, 0.4) is 0 Å². The number of rotatable bonds is 0. The highest BCUT2D eigenvalue weighted by Gasteiger charge is 2.20. The molecule has 94 valence electrons. The Morgan fingerprint density at radius 1 is 0.562 bits per heavy atom. The molecule has 0 radical (unpaired) electrons. The Hall–Kier alpha value is 1.66. The van der Waals surface area contributed by atoms with E-state index < -0.39 is 0 Å². The number of hydrogen-bond acceptors (Lipinski definition) is 0. The lowest BCUT2D eigenvalue weighted by Gasteiger charge is -2.21. The molecule has 0 nitrogen and oxygen atoms in total. The summed E-state index contributed by atoms with van der Waals surface area (Å²) in [4.78, 5) is 2.34. The van der Waals surface area contributed by atoms with Gasteiger partial charge in [-0.1, -0.05) is 75.9 Å². The van der Waals surface area contributed by atoms with Gasteiger partial charge in [0.1, 0.15) is 0 Å². The Kier molecular flexibility index (Phi) is 8.55. The molecule has 0 aromatic heterocycles. The first-order chi connectivity index (χ1) is 7.61. The van der Waals surface area contributed by atoms with Crippen molar-refractivity contribution in [3.8, 4) is 0 Å². The lowest BCUT2D eigenvalue weighted by Crippen LogP contribution is -2.19. The molecular formula is C12H18Br4. The molecule has 4 heteroatoms. The summed E-state index contributed by atoms with van der Waals surface area (Å²) in [6.45, 7) is 0. The monoisotopic (exact) mass is 478 g/mol. The van der Waals surface area contributed by atoms with Gasteiger partial charge < -0.3 is 0 Å². The molecule has 1 rings (SSSR count). The number of halogens is 4. The van der Waals surface area contributed by atoms with Gasteiger partial charge in [-0.25, -0.2) is 0 Å². The summed E-state index contributed by atoms with van der Waals surface area (Å²) < 4.78 is 0. The molecule has 0 fully saturated rings. The van der Waals surface area contributed by atoms with Crippen LogP contribution in [0.4, 0.5) is 0 Å². The third-order valence-electron chi connectivity index (χ3n) is 2.89. The van der Waals surface area contributed by atoms with Crippen LogP contribution in [0.25, 0.3) is 0 Å². The Labute approximate surface area is 133 Å². The first-order valence-electron chi connectivity index (χ1n) is 5.82. The fourth-order valence-corrected chi connectivity index (χ4v) is 3.90. The molecule has 0 saturated heterocycles. The van der Waals surface area contributed by atoms with Crippen molar-refractivity contribution < 1.29 is 0 Å². The zero-order valence-electron chi connectivity index (χ0n) is 9.22. The topological polar surface area (TPSA) is 0 Å². The molecule has 0 N–H and O–H groups in total. The van der Waals surface area contributed by atoms with Gasteiger partial charge in [-0.3, -0.25) is 0 Å². The Morgan fingerprint density at radius 3 is 1.25 bits per heavy atom. The molecule has 4 unspecified atom stereocenters. The SMILES string of the molecule is BrC1CCC=CCCC(Br)C(Br)CCC1Br. The third-order valence-corrected chi connectivity index (χ3v) is 8.69. The molecule has 0 saturated carbocycles. The number of allylic oxidation sites excluding steroid dienone is 2. The van der Waals surface area contributed by atoms with Crippen LogP contribution in [0.5, 0.6) is 0 Å². The van der Waals surface area contributed by atoms with E-state index in [4.69, 9.17) is 0 Å². The van der Waals surface area contributed by atoms with Crippen LogP contribution in [0, 0.1) is 0 Å². The van der Waals surface area contributed by atoms with Crippen molar-refractivity contribution in [2.75, 3.05) is 0 Å². The van der Waals surface area contributed by atoms with Gasteiger partial charge in [0.15, 0.2) is 0 Å². The highest BCUT2D eigenvalue weighted by atomic mass is 79.9. The van der Waals surface area contributed by atoms with Crippen molar-refractivity contribution in [1.82, 2.24) is 0 Å². The summed E-state index contributed by atoms with van der Waals surface area (Å²) in [6, 6.07) is 0. The second-order valence-electron chi connectivity index (χ2n) is 4.27. The minimum absolute atomic E-state index is 0.583. The molecule has 0 amide bonds. The molecule has 1 aliphatic rings. The minimum Gasteiger partial charge on any atom is -0.0885 e. The molecule has 0 bridgehead atoms. The lowest BCUT2D eigenvalue weighted by molar-refractivity contribution is 0.617. The summed E-state index contributed by atoms with van der Waals surface area (Å²) >= 11 is 15.1. The zero-order valence-corrected chi connectivity index (χ0v) is 15.6. The van der Waals surface area contributed by atoms with Gasteiger partial charge in [0, 0.05) is 19.3 Å². The normalized spacial score (nSPS) is 38.8. The van der Waals surface area contributed by atoms with E-state index in [0.29, 0.717) is 19.3 Å². The van der Waals surface area contributed by atoms with E-state index in [0.717, 1.165) is 0 Å². The maximum atomic E-state index is 3.78. The summed E-state index contributed by atoms with van der Waals surface area (Å²) in [7, 11) is 0. The van der Waals surface area contributed by atoms with Crippen LogP contribution >= 0.6 is 63.7 Å². The average Bonchev–Trinajstić information content (AvgIpc) is 2.27. The van der Waals surface area contributed by atoms with Crippen LogP contribution in [-0.4, -0.2) is 19.3 Å². The molecular weight excluding hydrogens is 464 g/mol. The molecule has 0 aromatic carbocycles. The number of alkyl halides is 4. The van der Waals surface area contributed by atoms with Crippen LogP contribution in [0.15, 0.2) is 12.2 Å². The quantitative estimate of drug-likeness (QED) is 0.296. The number of hydrogen-bond donors (Lipinski definition) is 0. The molecule has 0 aromatic rings. The van der Waals surface area contributed by atoms with E-state index in [-0.39, 0.29) is 0 Å². The standard InChI is InChI=1S/C12H18Br4/c13-9-5-3-1-2-4-6-10(14)12(16)8-7-11(9)15/h1-2,9-12H,3-8H2. The van der Waals surface area contributed by atoms with Gasteiger partial charge in [0.2, 0.25) is 0 Å². The second kappa shape index (κ2) is 8.71. The Bertz CT molecular complexity index is 195. The first-order valence-corrected chi connectivity index (χ1v) is 9.49. The van der Waals surface area contributed by atoms with Crippen molar-refractivity contribution in [3.05, 3.63) is 12.2 Å². The van der Waals surface area contributed by atoms with Gasteiger partial charge in [-0.2, -0.15) is 0 Å². The summed E-state index contributed by atoms with van der Waals surface area (Å²) in [5.41, 5.74) is 0. The van der Waals surface area contributed by atoms with Gasteiger partial charge in [0.25, 0.3) is 0 Å². The maximum Gasteiger partial charge on any atom is 0.0274 e. The highest BCUT2D eigenvalue weighted by molar-refractivity contribution is 9.12. The summed E-state index contributed by atoms with van der Waals surface area (Å²) in [5, 5.41) is 0. The van der Waals surface area contributed by atoms with E-state index in [9.17, 15) is 0 Å². The van der Waals surface area contributed by atoms with E-state index >= 15 is 0 Å². The van der Waals surface area contributed by atoms with Gasteiger partial charge in [-0.05, 0) is 38.5 Å². The van der Waals surface area contributed by atoms with E-state index in [2.05, 4.69) is 75.9 Å². The van der Waals surface area contributed by atoms with Crippen molar-refractivity contribution >= 4 is 63.7 Å². The minimum atomic E-state index is 0.583. The van der Waals surface area contributed by atoms with Crippen LogP contribution in [0.1, 0.15) is 38.5 Å². The summed E-state index contributed by atoms with van der Waals surface area (Å²) in [5.74, 6) is 0. The first kappa shape index (κ1) is 15.7. The molecule has 4 atom stereocenters. The Morgan fingerprint density at radius 2 is 0.875 bits per heavy atom. The van der Waals surface area contributed by atoms with Crippen LogP contribution in [0.2, 0.25) is 0 Å². The average molecular weight is 482 g/mol. The molecule has 0 spiro atoms. The van der Waals surface area contributed by atoms with E-state index in [1.54, 1.807) is 0 Å². The van der Waals surface area contributed by atoms with Gasteiger partial charge in [-0.15, -0.1) is 0 Å². The smallest absolute Gasteiger partial charge is 0.0274 e. The van der Waals surface area contributed by atoms with Crippen molar-refractivity contribution in [1.29, 1.82) is 0 Å². The van der Waals surface area contributed by atoms with E-state index in [1.165, 1.54) is 38.5 Å². The third kappa shape index (κ3) is 6.01. The van der Waals surface area contributed by atoms with E-state index in [1.807, 2.05) is 0 Å². The fraction of sp³-hybridized carbons (Fsp3) is 0.833. The molecule has 0 aliphatic heterocycles. The maximum absolute atomic E-state index is 3.78. The van der Waals surface area contributed by atoms with Crippen molar-refractivity contribution in [2.24, 2.45) is 0 Å². The van der Waals surface area contributed by atoms with Crippen molar-refractivity contribution in [3.63, 3.8) is 0 Å². The second-order valence-corrected chi connectivity index (χ2v) is 8.97. The van der Waals surface area contributed by atoms with Crippen molar-refractivity contribution in [2.45, 2.75) is 57.8 Å². The Balaban J connectivity index is 2.52. The highest BCUT2D eigenvalue weighted by Crippen LogP contribution is 2.29. The molecule has 16 heavy (non-hydrogen) atoms. The predicted molar refractivity (Wildman–Crippen MR) is 87.7 cm³/mol. The van der Waals surface area contributed by atoms with Crippen LogP contribution < -0.4 is 0 Å². The fourth-order valence-electron chi connectivity index (χ4n) is 1.79. The van der Waals surface area contributed by atoms with Gasteiger partial charge in [0.05, 0.1) is 0 Å².